The van der Waals surface area contributed by atoms with E-state index in [2.05, 4.69) is 216 Å². The van der Waals surface area contributed by atoms with Crippen LogP contribution in [0.4, 0.5) is 11.4 Å². The number of allylic oxidation sites excluding steroid dienone is 2. The van der Waals surface area contributed by atoms with Crippen LogP contribution in [0.2, 0.25) is 0 Å². The minimum absolute atomic E-state index is 0.0450. The van der Waals surface area contributed by atoms with E-state index >= 15 is 0 Å². The third-order valence-corrected chi connectivity index (χ3v) is 12.9. The summed E-state index contributed by atoms with van der Waals surface area (Å²) in [6.07, 6.45) is 5.58. The Morgan fingerprint density at radius 3 is 1.89 bits per heavy atom. The van der Waals surface area contributed by atoms with Gasteiger partial charge in [-0.15, -0.1) is 0 Å². The molecule has 5 heteroatoms. The predicted octanol–water partition coefficient (Wildman–Crippen LogP) is 14.9. The fourth-order valence-corrected chi connectivity index (χ4v) is 10.1. The molecule has 0 fully saturated rings. The molecule has 4 heterocycles. The Hall–Kier alpha value is -8.28. The zero-order chi connectivity index (χ0) is 41.4. The highest BCUT2D eigenvalue weighted by atomic mass is 16.3. The highest BCUT2D eigenvalue weighted by Crippen LogP contribution is 2.52. The fraction of sp³-hybridized carbons (Fsp3) is 0.0345. The number of anilines is 2. The van der Waals surface area contributed by atoms with Gasteiger partial charge in [0.2, 0.25) is 0 Å². The van der Waals surface area contributed by atoms with Crippen molar-refractivity contribution < 1.29 is 4.42 Å². The summed E-state index contributed by atoms with van der Waals surface area (Å²) in [5, 5.41) is 4.69. The number of hydrogen-bond acceptors (Lipinski definition) is 4. The maximum absolute atomic E-state index is 6.62. The van der Waals surface area contributed by atoms with Gasteiger partial charge in [-0.25, -0.2) is 9.97 Å². The lowest BCUT2D eigenvalue weighted by Crippen LogP contribution is -2.27. The van der Waals surface area contributed by atoms with Crippen molar-refractivity contribution in [3.05, 3.63) is 224 Å². The van der Waals surface area contributed by atoms with Gasteiger partial charge in [0.15, 0.2) is 5.82 Å². The molecule has 1 aliphatic heterocycles. The predicted molar refractivity (Wildman–Crippen MR) is 259 cm³/mol. The van der Waals surface area contributed by atoms with Crippen molar-refractivity contribution in [1.29, 1.82) is 0 Å². The molecule has 8 aromatic carbocycles. The Bertz CT molecular complexity index is 3640. The first-order valence-corrected chi connectivity index (χ1v) is 21.6. The lowest BCUT2D eigenvalue weighted by molar-refractivity contribution is 0.669. The van der Waals surface area contributed by atoms with E-state index in [1.807, 2.05) is 6.07 Å². The average Bonchev–Trinajstić information content (AvgIpc) is 4.02. The topological polar surface area (TPSA) is 47.1 Å². The summed E-state index contributed by atoms with van der Waals surface area (Å²) in [6.45, 7) is 0. The van der Waals surface area contributed by atoms with E-state index in [-0.39, 0.29) is 6.04 Å². The second-order valence-electron chi connectivity index (χ2n) is 16.5. The smallest absolute Gasteiger partial charge is 0.160 e. The second-order valence-corrected chi connectivity index (χ2v) is 16.5. The lowest BCUT2D eigenvalue weighted by Gasteiger charge is -2.30. The van der Waals surface area contributed by atoms with Gasteiger partial charge in [0.1, 0.15) is 11.2 Å². The van der Waals surface area contributed by atoms with Crippen molar-refractivity contribution in [2.45, 2.75) is 12.5 Å². The largest absolute Gasteiger partial charge is 0.456 e. The van der Waals surface area contributed by atoms with E-state index in [1.165, 1.54) is 32.9 Å². The monoisotopic (exact) mass is 806 g/mol. The normalized spacial score (nSPS) is 14.6. The van der Waals surface area contributed by atoms with Gasteiger partial charge in [-0.2, -0.15) is 0 Å². The number of rotatable bonds is 6. The Morgan fingerprint density at radius 1 is 0.476 bits per heavy atom. The van der Waals surface area contributed by atoms with Crippen molar-refractivity contribution in [2.75, 3.05) is 4.90 Å². The molecule has 0 saturated carbocycles. The molecule has 1 atom stereocenters. The minimum Gasteiger partial charge on any atom is -0.456 e. The molecule has 5 nitrogen and oxygen atoms in total. The molecule has 13 rings (SSSR count). The van der Waals surface area contributed by atoms with Gasteiger partial charge in [0, 0.05) is 49.6 Å². The second kappa shape index (κ2) is 14.2. The zero-order valence-corrected chi connectivity index (χ0v) is 34.2. The van der Waals surface area contributed by atoms with Crippen LogP contribution in [0.25, 0.3) is 94.4 Å². The quantitative estimate of drug-likeness (QED) is 0.168. The number of hydrogen-bond donors (Lipinski definition) is 0. The highest BCUT2D eigenvalue weighted by Gasteiger charge is 2.40. The Balaban J connectivity index is 0.971. The summed E-state index contributed by atoms with van der Waals surface area (Å²) in [4.78, 5) is 13.2. The summed E-state index contributed by atoms with van der Waals surface area (Å²) in [7, 11) is 0. The van der Waals surface area contributed by atoms with Gasteiger partial charge in [-0.05, 0) is 95.4 Å². The first kappa shape index (κ1) is 35.5. The van der Waals surface area contributed by atoms with Crippen LogP contribution in [0.15, 0.2) is 217 Å². The number of benzene rings is 8. The first-order valence-electron chi connectivity index (χ1n) is 21.6. The summed E-state index contributed by atoms with van der Waals surface area (Å²) in [6, 6.07) is 70.9. The van der Waals surface area contributed by atoms with Crippen molar-refractivity contribution in [3.63, 3.8) is 0 Å². The molecule has 296 valence electrons. The summed E-state index contributed by atoms with van der Waals surface area (Å²) in [5.41, 5.74) is 17.2. The van der Waals surface area contributed by atoms with Crippen LogP contribution in [0, 0.1) is 0 Å². The van der Waals surface area contributed by atoms with Crippen molar-refractivity contribution in [2.24, 2.45) is 0 Å². The van der Waals surface area contributed by atoms with Gasteiger partial charge in [-0.3, -0.25) is 0 Å². The third kappa shape index (κ3) is 5.63. The van der Waals surface area contributed by atoms with Gasteiger partial charge < -0.3 is 13.9 Å². The van der Waals surface area contributed by atoms with Crippen LogP contribution in [-0.4, -0.2) is 20.6 Å². The average molecular weight is 807 g/mol. The number of aromatic nitrogens is 3. The maximum atomic E-state index is 6.62. The Kier molecular flexibility index (Phi) is 7.97. The first-order chi connectivity index (χ1) is 31.2. The van der Waals surface area contributed by atoms with Crippen LogP contribution in [0.5, 0.6) is 0 Å². The van der Waals surface area contributed by atoms with Crippen LogP contribution in [-0.2, 0) is 0 Å². The molecule has 11 aromatic rings. The number of nitrogens with zero attached hydrogens (tertiary/aromatic N) is 4. The molecule has 2 aliphatic rings. The molecule has 0 bridgehead atoms. The van der Waals surface area contributed by atoms with Gasteiger partial charge >= 0.3 is 0 Å². The minimum atomic E-state index is 0.0450. The Morgan fingerprint density at radius 2 is 1.11 bits per heavy atom. The molecule has 0 amide bonds. The van der Waals surface area contributed by atoms with Gasteiger partial charge in [-0.1, -0.05) is 146 Å². The van der Waals surface area contributed by atoms with Crippen molar-refractivity contribution in [1.82, 2.24) is 14.5 Å². The Labute approximate surface area is 364 Å². The number of fused-ring (bicyclic) bond motifs is 9. The van der Waals surface area contributed by atoms with E-state index in [0.29, 0.717) is 0 Å². The molecule has 1 unspecified atom stereocenters. The van der Waals surface area contributed by atoms with Crippen LogP contribution in [0.1, 0.15) is 17.7 Å². The van der Waals surface area contributed by atoms with E-state index in [4.69, 9.17) is 14.4 Å². The fourth-order valence-electron chi connectivity index (χ4n) is 10.1. The van der Waals surface area contributed by atoms with E-state index in [9.17, 15) is 0 Å². The molecule has 3 aromatic heterocycles. The van der Waals surface area contributed by atoms with Crippen molar-refractivity contribution >= 4 is 66.3 Å². The molecule has 1 aliphatic carbocycles. The van der Waals surface area contributed by atoms with E-state index < -0.39 is 0 Å². The van der Waals surface area contributed by atoms with E-state index in [0.717, 1.165) is 90.5 Å². The molecule has 63 heavy (non-hydrogen) atoms. The molecule has 0 spiro atoms. The summed E-state index contributed by atoms with van der Waals surface area (Å²) < 4.78 is 8.99. The van der Waals surface area contributed by atoms with Crippen LogP contribution < -0.4 is 4.90 Å². The molecular formula is C58H38N4O. The molecule has 0 saturated heterocycles. The highest BCUT2D eigenvalue weighted by molar-refractivity contribution is 6.14. The molecular weight excluding hydrogens is 769 g/mol. The SMILES string of the molecule is C1=C(c2cccc3oc4ccc(-c5ccc6c(c5)c5ccccc5n6-c5ccccc5)cc4c23)C=C2c3nc(-c4ccccc4)nc(-c4ccccc4)c3N(c3ccccc3)C2C1. The molecule has 0 radical (unpaired) electrons. The number of furan rings is 1. The number of para-hydroxylation sites is 3. The standard InChI is InChI=1S/C58H38N4O/c1-5-16-37(17-6-1)55-57-56(60-58(59-55)38-18-7-2-8-19-38)47-36-41(29-32-51(47)62(57)43-22-11-4-12-23-43)44-25-15-27-53-54(44)48-35-40(30-33-52(48)63-53)39-28-31-50-46(34-39)45-24-13-14-26-49(45)61(50)42-20-9-3-10-21-42/h1-31,33-36,51H,32H2. The summed E-state index contributed by atoms with van der Waals surface area (Å²) in [5.74, 6) is 0.720. The lowest BCUT2D eigenvalue weighted by atomic mass is 9.88. The van der Waals surface area contributed by atoms with Gasteiger partial charge in [0.05, 0.1) is 34.2 Å². The summed E-state index contributed by atoms with van der Waals surface area (Å²) >= 11 is 0. The van der Waals surface area contributed by atoms with Crippen molar-refractivity contribution in [3.8, 4) is 39.5 Å². The maximum Gasteiger partial charge on any atom is 0.160 e. The zero-order valence-electron chi connectivity index (χ0n) is 34.2. The van der Waals surface area contributed by atoms with Crippen LogP contribution >= 0.6 is 0 Å². The third-order valence-electron chi connectivity index (χ3n) is 12.9. The molecule has 0 N–H and O–H groups in total. The van der Waals surface area contributed by atoms with E-state index in [1.54, 1.807) is 0 Å². The van der Waals surface area contributed by atoms with Gasteiger partial charge in [0.25, 0.3) is 0 Å². The van der Waals surface area contributed by atoms with Crippen LogP contribution in [0.3, 0.4) is 0 Å².